The number of hydrogen-bond acceptors (Lipinski definition) is 2. The molecule has 66 valence electrons. The topological polar surface area (TPSA) is 44.1 Å². The summed E-state index contributed by atoms with van der Waals surface area (Å²) in [6, 6.07) is 0. The van der Waals surface area contributed by atoms with E-state index >= 15 is 0 Å². The first-order valence-corrected chi connectivity index (χ1v) is 4.30. The second kappa shape index (κ2) is 4.50. The molecule has 0 rings (SSSR count). The smallest absolute Gasteiger partial charge is 0.0696 e. The van der Waals surface area contributed by atoms with Gasteiger partial charge >= 0.3 is 0 Å². The molecular weight excluding hydrogens is 138 g/mol. The van der Waals surface area contributed by atoms with E-state index in [0.29, 0.717) is 12.1 Å². The van der Waals surface area contributed by atoms with Crippen LogP contribution in [0.3, 0.4) is 0 Å². The highest BCUT2D eigenvalue weighted by atomic mass is 16.3. The maximum absolute atomic E-state index is 9.85. The van der Waals surface area contributed by atoms with E-state index < -0.39 is 5.60 Å². The second-order valence-electron chi connectivity index (χ2n) is 3.29. The van der Waals surface area contributed by atoms with E-state index in [2.05, 4.69) is 6.92 Å². The molecule has 2 N–H and O–H groups in total. The number of nitrogens with one attached hydrogen (secondary N) is 1. The van der Waals surface area contributed by atoms with Gasteiger partial charge in [0, 0.05) is 12.1 Å². The van der Waals surface area contributed by atoms with Crippen molar-refractivity contribution < 1.29 is 5.11 Å². The molecule has 0 bridgehead atoms. The van der Waals surface area contributed by atoms with Gasteiger partial charge in [-0.25, -0.2) is 0 Å². The molecule has 0 unspecified atom stereocenters. The Morgan fingerprint density at radius 3 is 2.27 bits per heavy atom. The molecule has 0 aliphatic rings. The van der Waals surface area contributed by atoms with Crippen LogP contribution in [0.1, 0.15) is 46.5 Å². The van der Waals surface area contributed by atoms with Crippen LogP contribution in [-0.2, 0) is 0 Å². The second-order valence-corrected chi connectivity index (χ2v) is 3.29. The van der Waals surface area contributed by atoms with Gasteiger partial charge in [-0.15, -0.1) is 0 Å². The summed E-state index contributed by atoms with van der Waals surface area (Å²) < 4.78 is 0. The molecule has 2 heteroatoms. The van der Waals surface area contributed by atoms with Crippen LogP contribution in [0.25, 0.3) is 0 Å². The summed E-state index contributed by atoms with van der Waals surface area (Å²) >= 11 is 0. The van der Waals surface area contributed by atoms with Crippen molar-refractivity contribution in [3.63, 3.8) is 0 Å². The van der Waals surface area contributed by atoms with Crippen molar-refractivity contribution in [1.82, 2.24) is 0 Å². The third-order valence-corrected chi connectivity index (χ3v) is 1.97. The Hall–Kier alpha value is -0.370. The van der Waals surface area contributed by atoms with Crippen LogP contribution in [0, 0.1) is 5.41 Å². The summed E-state index contributed by atoms with van der Waals surface area (Å²) in [7, 11) is 0. The van der Waals surface area contributed by atoms with Gasteiger partial charge < -0.3 is 10.5 Å². The predicted molar refractivity (Wildman–Crippen MR) is 48.2 cm³/mol. The van der Waals surface area contributed by atoms with E-state index in [9.17, 15) is 5.11 Å². The average molecular weight is 157 g/mol. The quantitative estimate of drug-likeness (QED) is 0.591. The molecule has 0 aliphatic carbocycles. The molecule has 0 fully saturated rings. The molecule has 11 heavy (non-hydrogen) atoms. The van der Waals surface area contributed by atoms with Crippen molar-refractivity contribution >= 4 is 5.71 Å². The minimum Gasteiger partial charge on any atom is -0.390 e. The van der Waals surface area contributed by atoms with Gasteiger partial charge in [0.1, 0.15) is 0 Å². The van der Waals surface area contributed by atoms with Gasteiger partial charge in [0.2, 0.25) is 0 Å². The van der Waals surface area contributed by atoms with Crippen LogP contribution in [0.4, 0.5) is 0 Å². The maximum atomic E-state index is 9.85. The largest absolute Gasteiger partial charge is 0.390 e. The van der Waals surface area contributed by atoms with Gasteiger partial charge in [-0.3, -0.25) is 0 Å². The van der Waals surface area contributed by atoms with E-state index in [0.717, 1.165) is 19.3 Å². The Morgan fingerprint density at radius 1 is 1.45 bits per heavy atom. The van der Waals surface area contributed by atoms with Crippen LogP contribution in [-0.4, -0.2) is 16.4 Å². The Morgan fingerprint density at radius 2 is 2.00 bits per heavy atom. The van der Waals surface area contributed by atoms with Gasteiger partial charge in [0.25, 0.3) is 0 Å². The maximum Gasteiger partial charge on any atom is 0.0696 e. The molecule has 0 aromatic carbocycles. The van der Waals surface area contributed by atoms with Crippen molar-refractivity contribution in [1.29, 1.82) is 5.41 Å². The third-order valence-electron chi connectivity index (χ3n) is 1.97. The molecular formula is C9H19NO. The molecule has 0 saturated carbocycles. The van der Waals surface area contributed by atoms with E-state index in [-0.39, 0.29) is 0 Å². The van der Waals surface area contributed by atoms with Crippen LogP contribution in [0.2, 0.25) is 0 Å². The summed E-state index contributed by atoms with van der Waals surface area (Å²) in [4.78, 5) is 0. The first-order chi connectivity index (χ1) is 5.04. The van der Waals surface area contributed by atoms with E-state index in [4.69, 9.17) is 5.41 Å². The number of aliphatic hydroxyl groups is 1. The van der Waals surface area contributed by atoms with Gasteiger partial charge in [-0.05, 0) is 19.8 Å². The fourth-order valence-electron chi connectivity index (χ4n) is 1.35. The lowest BCUT2D eigenvalue weighted by Gasteiger charge is -2.25. The van der Waals surface area contributed by atoms with E-state index in [1.807, 2.05) is 6.92 Å². The first-order valence-electron chi connectivity index (χ1n) is 4.30. The fraction of sp³-hybridized carbons (Fsp3) is 0.889. The number of hydrogen-bond donors (Lipinski definition) is 2. The molecule has 0 aromatic heterocycles. The normalized spacial score (nSPS) is 16.0. The molecule has 0 aromatic rings. The molecule has 0 spiro atoms. The molecule has 0 amide bonds. The summed E-state index contributed by atoms with van der Waals surface area (Å²) in [5.41, 5.74) is -0.0385. The molecule has 1 atom stereocenters. The van der Waals surface area contributed by atoms with Gasteiger partial charge in [-0.1, -0.05) is 20.3 Å². The van der Waals surface area contributed by atoms with Crippen molar-refractivity contribution in [3.8, 4) is 0 Å². The van der Waals surface area contributed by atoms with E-state index in [1.54, 1.807) is 6.92 Å². The zero-order valence-corrected chi connectivity index (χ0v) is 7.78. The number of rotatable bonds is 5. The van der Waals surface area contributed by atoms with Gasteiger partial charge in [0.05, 0.1) is 5.60 Å². The summed E-state index contributed by atoms with van der Waals surface area (Å²) in [5, 5.41) is 17.1. The van der Waals surface area contributed by atoms with Gasteiger partial charge in [0.15, 0.2) is 0 Å². The van der Waals surface area contributed by atoms with Crippen molar-refractivity contribution in [2.24, 2.45) is 0 Å². The third kappa shape index (κ3) is 4.14. The lowest BCUT2D eigenvalue weighted by Crippen LogP contribution is -2.29. The van der Waals surface area contributed by atoms with Crippen LogP contribution < -0.4 is 0 Å². The predicted octanol–water partition coefficient (Wildman–Crippen LogP) is 2.36. The van der Waals surface area contributed by atoms with Crippen LogP contribution >= 0.6 is 0 Å². The van der Waals surface area contributed by atoms with E-state index in [1.165, 1.54) is 0 Å². The lowest BCUT2D eigenvalue weighted by atomic mass is 9.89. The van der Waals surface area contributed by atoms with Crippen molar-refractivity contribution in [2.45, 2.75) is 52.1 Å². The van der Waals surface area contributed by atoms with Gasteiger partial charge in [-0.2, -0.15) is 0 Å². The summed E-state index contributed by atoms with van der Waals surface area (Å²) in [6.45, 7) is 5.77. The highest BCUT2D eigenvalue weighted by Crippen LogP contribution is 2.21. The minimum absolute atomic E-state index is 0.525. The zero-order chi connectivity index (χ0) is 8.91. The first kappa shape index (κ1) is 10.6. The minimum atomic E-state index is -0.611. The Labute approximate surface area is 69.1 Å². The van der Waals surface area contributed by atoms with Crippen LogP contribution in [0.15, 0.2) is 0 Å². The monoisotopic (exact) mass is 157 g/mol. The Bertz CT molecular complexity index is 134. The Kier molecular flexibility index (Phi) is 4.34. The molecule has 2 nitrogen and oxygen atoms in total. The summed E-state index contributed by atoms with van der Waals surface area (Å²) in [6.07, 6.45) is 3.06. The highest BCUT2D eigenvalue weighted by molar-refractivity contribution is 5.79. The van der Waals surface area contributed by atoms with Crippen LogP contribution in [0.5, 0.6) is 0 Å². The standard InChI is InChI=1S/C9H19NO/c1-4-6-9(11,5-2)7-8(3)10/h10-11H,4-7H2,1-3H3/t9-/m0/s1. The Balaban J connectivity index is 3.98. The molecule has 0 heterocycles. The summed E-state index contributed by atoms with van der Waals surface area (Å²) in [5.74, 6) is 0. The molecule has 0 saturated heterocycles. The lowest BCUT2D eigenvalue weighted by molar-refractivity contribution is 0.0338. The van der Waals surface area contributed by atoms with Crippen molar-refractivity contribution in [3.05, 3.63) is 0 Å². The zero-order valence-electron chi connectivity index (χ0n) is 7.78. The van der Waals surface area contributed by atoms with Crippen molar-refractivity contribution in [2.75, 3.05) is 0 Å². The fourth-order valence-corrected chi connectivity index (χ4v) is 1.35. The molecule has 0 aliphatic heterocycles. The molecule has 0 radical (unpaired) electrons. The average Bonchev–Trinajstić information content (AvgIpc) is 1.87. The SMILES string of the molecule is CCC[C@@](O)(CC)CC(C)=N. The highest BCUT2D eigenvalue weighted by Gasteiger charge is 2.23.